The van der Waals surface area contributed by atoms with Gasteiger partial charge in [0.25, 0.3) is 0 Å². The zero-order valence-electron chi connectivity index (χ0n) is 11.7. The third-order valence-corrected chi connectivity index (χ3v) is 4.03. The van der Waals surface area contributed by atoms with Crippen molar-refractivity contribution in [3.8, 4) is 0 Å². The molecule has 1 aliphatic heterocycles. The van der Waals surface area contributed by atoms with Gasteiger partial charge in [-0.05, 0) is 19.3 Å². The fourth-order valence-electron chi connectivity index (χ4n) is 2.51. The molecule has 1 saturated heterocycles. The molecule has 4 heteroatoms. The van der Waals surface area contributed by atoms with Crippen molar-refractivity contribution in [3.63, 3.8) is 0 Å². The highest BCUT2D eigenvalue weighted by atomic mass is 35.5. The molecule has 2 rings (SSSR count). The van der Waals surface area contributed by atoms with Crippen molar-refractivity contribution < 1.29 is 0 Å². The Morgan fingerprint density at radius 2 is 2.17 bits per heavy atom. The van der Waals surface area contributed by atoms with E-state index >= 15 is 0 Å². The van der Waals surface area contributed by atoms with Crippen LogP contribution in [0.1, 0.15) is 44.6 Å². The Morgan fingerprint density at radius 3 is 2.78 bits per heavy atom. The molecule has 0 bridgehead atoms. The summed E-state index contributed by atoms with van der Waals surface area (Å²) in [5, 5.41) is 0. The topological polar surface area (TPSA) is 29.0 Å². The van der Waals surface area contributed by atoms with E-state index < -0.39 is 0 Å². The van der Waals surface area contributed by atoms with Gasteiger partial charge in [0.05, 0.1) is 0 Å². The number of aromatic nitrogens is 2. The third-order valence-electron chi connectivity index (χ3n) is 3.71. The van der Waals surface area contributed by atoms with E-state index in [1.54, 1.807) is 0 Å². The van der Waals surface area contributed by atoms with E-state index in [0.717, 1.165) is 23.9 Å². The second-order valence-electron chi connectivity index (χ2n) is 5.56. The predicted molar refractivity (Wildman–Crippen MR) is 76.5 cm³/mol. The number of alkyl halides is 1. The molecule has 2 unspecified atom stereocenters. The van der Waals surface area contributed by atoms with Crippen molar-refractivity contribution in [1.29, 1.82) is 0 Å². The molecule has 3 nitrogen and oxygen atoms in total. The van der Waals surface area contributed by atoms with Crippen LogP contribution in [-0.2, 0) is 0 Å². The van der Waals surface area contributed by atoms with Crippen molar-refractivity contribution in [3.05, 3.63) is 17.6 Å². The van der Waals surface area contributed by atoms with Gasteiger partial charge in [0.1, 0.15) is 11.6 Å². The lowest BCUT2D eigenvalue weighted by Crippen LogP contribution is -2.34. The highest BCUT2D eigenvalue weighted by Crippen LogP contribution is 2.30. The van der Waals surface area contributed by atoms with Crippen LogP contribution in [0.4, 0.5) is 5.82 Å². The molecular formula is C14H22ClN3. The smallest absolute Gasteiger partial charge is 0.133 e. The van der Waals surface area contributed by atoms with Gasteiger partial charge in [0.15, 0.2) is 0 Å². The van der Waals surface area contributed by atoms with Crippen LogP contribution >= 0.6 is 11.6 Å². The summed E-state index contributed by atoms with van der Waals surface area (Å²) in [6.07, 6.45) is 1.19. The van der Waals surface area contributed by atoms with Crippen LogP contribution in [0, 0.1) is 12.8 Å². The molecule has 1 aromatic heterocycles. The number of hydrogen-bond donors (Lipinski definition) is 0. The normalized spacial score (nSPS) is 24.0. The molecule has 0 aromatic carbocycles. The Morgan fingerprint density at radius 1 is 1.44 bits per heavy atom. The van der Waals surface area contributed by atoms with E-state index in [1.165, 1.54) is 6.42 Å². The molecule has 1 aromatic rings. The van der Waals surface area contributed by atoms with Crippen LogP contribution in [0.3, 0.4) is 0 Å². The molecule has 2 atom stereocenters. The molecule has 1 aliphatic rings. The zero-order chi connectivity index (χ0) is 13.3. The van der Waals surface area contributed by atoms with Crippen LogP contribution in [0.5, 0.6) is 0 Å². The van der Waals surface area contributed by atoms with E-state index in [0.29, 0.717) is 23.8 Å². The van der Waals surface area contributed by atoms with Crippen LogP contribution < -0.4 is 4.90 Å². The second-order valence-corrected chi connectivity index (χ2v) is 5.87. The molecule has 0 radical (unpaired) electrons. The van der Waals surface area contributed by atoms with Crippen molar-refractivity contribution in [2.45, 2.75) is 46.1 Å². The first-order valence-electron chi connectivity index (χ1n) is 6.71. The van der Waals surface area contributed by atoms with Crippen molar-refractivity contribution in [2.75, 3.05) is 17.3 Å². The number of halogens is 1. The van der Waals surface area contributed by atoms with Gasteiger partial charge >= 0.3 is 0 Å². The summed E-state index contributed by atoms with van der Waals surface area (Å²) in [4.78, 5) is 11.6. The summed E-state index contributed by atoms with van der Waals surface area (Å²) >= 11 is 6.10. The molecule has 2 heterocycles. The van der Waals surface area contributed by atoms with Gasteiger partial charge in [-0.25, -0.2) is 9.97 Å². The first-order valence-corrected chi connectivity index (χ1v) is 7.24. The fraction of sp³-hybridized carbons (Fsp3) is 0.714. The Hall–Kier alpha value is -0.830. The molecule has 100 valence electrons. The maximum atomic E-state index is 6.10. The van der Waals surface area contributed by atoms with E-state index in [2.05, 4.69) is 36.7 Å². The molecule has 0 spiro atoms. The summed E-state index contributed by atoms with van der Waals surface area (Å²) in [7, 11) is 0. The van der Waals surface area contributed by atoms with Gasteiger partial charge in [-0.2, -0.15) is 0 Å². The highest BCUT2D eigenvalue weighted by molar-refractivity contribution is 6.18. The maximum absolute atomic E-state index is 6.10. The van der Waals surface area contributed by atoms with E-state index in [9.17, 15) is 0 Å². The number of anilines is 1. The van der Waals surface area contributed by atoms with Gasteiger partial charge in [-0.15, -0.1) is 11.6 Å². The summed E-state index contributed by atoms with van der Waals surface area (Å²) in [6, 6.07) is 2.48. The Labute approximate surface area is 115 Å². The monoisotopic (exact) mass is 267 g/mol. The van der Waals surface area contributed by atoms with Crippen LogP contribution in [0.15, 0.2) is 6.07 Å². The molecule has 0 saturated carbocycles. The third kappa shape index (κ3) is 2.61. The zero-order valence-corrected chi connectivity index (χ0v) is 12.4. The number of aryl methyl sites for hydroxylation is 1. The predicted octanol–water partition coefficient (Wildman–Crippen LogP) is 3.36. The summed E-state index contributed by atoms with van der Waals surface area (Å²) in [6.45, 7) is 9.61. The molecule has 0 aliphatic carbocycles. The Kier molecular flexibility index (Phi) is 4.10. The van der Waals surface area contributed by atoms with Gasteiger partial charge in [-0.1, -0.05) is 20.8 Å². The van der Waals surface area contributed by atoms with E-state index in [-0.39, 0.29) is 0 Å². The van der Waals surface area contributed by atoms with Gasteiger partial charge < -0.3 is 4.90 Å². The SMILES string of the molecule is Cc1cc(N2CCC(C)C2CCl)nc(C(C)C)n1. The van der Waals surface area contributed by atoms with Crippen LogP contribution in [0.2, 0.25) is 0 Å². The molecule has 18 heavy (non-hydrogen) atoms. The summed E-state index contributed by atoms with van der Waals surface area (Å²) < 4.78 is 0. The second kappa shape index (κ2) is 5.43. The fourth-order valence-corrected chi connectivity index (χ4v) is 2.98. The average molecular weight is 268 g/mol. The molecule has 1 fully saturated rings. The molecule has 0 amide bonds. The number of nitrogens with zero attached hydrogens (tertiary/aromatic N) is 3. The minimum Gasteiger partial charge on any atom is -0.352 e. The largest absolute Gasteiger partial charge is 0.352 e. The number of rotatable bonds is 3. The van der Waals surface area contributed by atoms with Gasteiger partial charge in [-0.3, -0.25) is 0 Å². The van der Waals surface area contributed by atoms with Crippen molar-refractivity contribution in [2.24, 2.45) is 5.92 Å². The van der Waals surface area contributed by atoms with Gasteiger partial charge in [0, 0.05) is 36.1 Å². The van der Waals surface area contributed by atoms with Gasteiger partial charge in [0.2, 0.25) is 0 Å². The lowest BCUT2D eigenvalue weighted by Gasteiger charge is -2.27. The van der Waals surface area contributed by atoms with E-state index in [4.69, 9.17) is 16.6 Å². The van der Waals surface area contributed by atoms with E-state index in [1.807, 2.05) is 6.92 Å². The first kappa shape index (κ1) is 13.6. The quantitative estimate of drug-likeness (QED) is 0.787. The summed E-state index contributed by atoms with van der Waals surface area (Å²) in [5.74, 6) is 3.64. The maximum Gasteiger partial charge on any atom is 0.133 e. The Balaban J connectivity index is 2.33. The molecular weight excluding hydrogens is 246 g/mol. The lowest BCUT2D eigenvalue weighted by molar-refractivity contribution is 0.547. The number of hydrogen-bond acceptors (Lipinski definition) is 3. The minimum atomic E-state index is 0.359. The standard InChI is InChI=1S/C14H22ClN3/c1-9(2)14-16-11(4)7-13(17-14)18-6-5-10(3)12(18)8-15/h7,9-10,12H,5-6,8H2,1-4H3. The summed E-state index contributed by atoms with van der Waals surface area (Å²) in [5.41, 5.74) is 1.04. The average Bonchev–Trinajstić information content (AvgIpc) is 2.69. The molecule has 0 N–H and O–H groups in total. The lowest BCUT2D eigenvalue weighted by atomic mass is 10.1. The van der Waals surface area contributed by atoms with Crippen molar-refractivity contribution in [1.82, 2.24) is 9.97 Å². The van der Waals surface area contributed by atoms with Crippen molar-refractivity contribution >= 4 is 17.4 Å². The first-order chi connectivity index (χ1) is 8.52. The van der Waals surface area contributed by atoms with Crippen LogP contribution in [-0.4, -0.2) is 28.4 Å². The minimum absolute atomic E-state index is 0.359. The van der Waals surface area contributed by atoms with Crippen LogP contribution in [0.25, 0.3) is 0 Å². The highest BCUT2D eigenvalue weighted by Gasteiger charge is 2.31. The Bertz CT molecular complexity index is 420.